The quantitative estimate of drug-likeness (QED) is 0.299. The lowest BCUT2D eigenvalue weighted by molar-refractivity contribution is 0.101. The molecule has 30 heavy (non-hydrogen) atoms. The summed E-state index contributed by atoms with van der Waals surface area (Å²) in [5, 5.41) is 2.91. The fraction of sp³-hybridized carbons (Fsp3) is 0.0870. The van der Waals surface area contributed by atoms with Gasteiger partial charge in [0.15, 0.2) is 10.1 Å². The molecule has 0 bridgehead atoms. The van der Waals surface area contributed by atoms with Crippen LogP contribution in [0, 0.1) is 12.7 Å². The minimum Gasteiger partial charge on any atom is -0.322 e. The van der Waals surface area contributed by atoms with Gasteiger partial charge in [-0.05, 0) is 61.5 Å². The number of Topliss-reactive ketones (excluding diaryl/α,β-unsaturated/α-hetero) is 1. The maximum atomic E-state index is 13.0. The summed E-state index contributed by atoms with van der Waals surface area (Å²) in [5.41, 5.74) is 3.61. The van der Waals surface area contributed by atoms with E-state index in [9.17, 15) is 14.0 Å². The van der Waals surface area contributed by atoms with E-state index in [1.807, 2.05) is 43.3 Å². The van der Waals surface area contributed by atoms with E-state index in [-0.39, 0.29) is 23.3 Å². The zero-order valence-electron chi connectivity index (χ0n) is 16.0. The number of carbonyl (C=O) groups excluding carboxylic acids is 2. The first-order valence-corrected chi connectivity index (χ1v) is 11.0. The predicted octanol–water partition coefficient (Wildman–Crippen LogP) is 5.97. The number of nitrogens with one attached hydrogen (secondary N) is 1. The number of nitrogens with zero attached hydrogens (tertiary/aromatic N) is 1. The molecule has 0 saturated heterocycles. The summed E-state index contributed by atoms with van der Waals surface area (Å²) in [7, 11) is 0. The van der Waals surface area contributed by atoms with Gasteiger partial charge < -0.3 is 5.32 Å². The Hall–Kier alpha value is -3.03. The number of amides is 1. The number of anilines is 1. The van der Waals surface area contributed by atoms with Crippen molar-refractivity contribution in [1.82, 2.24) is 4.98 Å². The third kappa shape index (κ3) is 4.75. The highest BCUT2D eigenvalue weighted by atomic mass is 32.2. The third-order valence-corrected chi connectivity index (χ3v) is 6.56. The molecule has 1 aromatic heterocycles. The van der Waals surface area contributed by atoms with E-state index < -0.39 is 0 Å². The lowest BCUT2D eigenvalue weighted by atomic mass is 10.1. The zero-order valence-corrected chi connectivity index (χ0v) is 17.6. The molecule has 4 rings (SSSR count). The number of hydrogen-bond acceptors (Lipinski definition) is 5. The highest BCUT2D eigenvalue weighted by Crippen LogP contribution is 2.31. The molecular formula is C23H17FN2O2S2. The maximum absolute atomic E-state index is 13.0. The van der Waals surface area contributed by atoms with Gasteiger partial charge in [0.2, 0.25) is 0 Å². The number of aromatic nitrogens is 1. The van der Waals surface area contributed by atoms with Gasteiger partial charge in [-0.3, -0.25) is 9.59 Å². The van der Waals surface area contributed by atoms with Crippen molar-refractivity contribution in [2.75, 3.05) is 11.1 Å². The number of halogens is 1. The highest BCUT2D eigenvalue weighted by molar-refractivity contribution is 8.01. The van der Waals surface area contributed by atoms with Gasteiger partial charge in [0, 0.05) is 16.8 Å². The first-order valence-electron chi connectivity index (χ1n) is 9.18. The number of ketones is 1. The lowest BCUT2D eigenvalue weighted by Crippen LogP contribution is -2.11. The molecule has 3 aromatic carbocycles. The van der Waals surface area contributed by atoms with Gasteiger partial charge in [-0.15, -0.1) is 11.3 Å². The standard InChI is InChI=1S/C23H17FN2O2S2/c1-14-3-2-4-16(11-14)22(28)25-18-9-10-19-21(12-18)30-23(26-19)29-13-20(27)15-5-7-17(24)8-6-15/h2-12H,13H2,1H3,(H,25,28). The number of thioether (sulfide) groups is 1. The molecule has 0 spiro atoms. The normalized spacial score (nSPS) is 10.9. The van der Waals surface area contributed by atoms with Crippen LogP contribution in [-0.4, -0.2) is 22.4 Å². The predicted molar refractivity (Wildman–Crippen MR) is 120 cm³/mol. The fourth-order valence-electron chi connectivity index (χ4n) is 2.88. The third-order valence-electron chi connectivity index (χ3n) is 4.40. The number of hydrogen-bond donors (Lipinski definition) is 1. The van der Waals surface area contributed by atoms with Crippen molar-refractivity contribution in [2.45, 2.75) is 11.3 Å². The molecule has 0 aliphatic carbocycles. The smallest absolute Gasteiger partial charge is 0.255 e. The van der Waals surface area contributed by atoms with Gasteiger partial charge in [0.05, 0.1) is 16.0 Å². The van der Waals surface area contributed by atoms with Crippen molar-refractivity contribution >= 4 is 50.7 Å². The van der Waals surface area contributed by atoms with Crippen LogP contribution in [0.15, 0.2) is 71.1 Å². The molecular weight excluding hydrogens is 419 g/mol. The van der Waals surface area contributed by atoms with Crippen molar-refractivity contribution < 1.29 is 14.0 Å². The van der Waals surface area contributed by atoms with Crippen LogP contribution in [0.4, 0.5) is 10.1 Å². The Balaban J connectivity index is 1.44. The van der Waals surface area contributed by atoms with Crippen molar-refractivity contribution in [2.24, 2.45) is 0 Å². The summed E-state index contributed by atoms with van der Waals surface area (Å²) in [6.07, 6.45) is 0. The molecule has 0 saturated carbocycles. The van der Waals surface area contributed by atoms with Gasteiger partial charge >= 0.3 is 0 Å². The summed E-state index contributed by atoms with van der Waals surface area (Å²) < 4.78 is 14.7. The van der Waals surface area contributed by atoms with Crippen molar-refractivity contribution in [3.05, 3.63) is 89.2 Å². The number of benzene rings is 3. The molecule has 4 nitrogen and oxygen atoms in total. The first-order chi connectivity index (χ1) is 14.5. The van der Waals surface area contributed by atoms with E-state index >= 15 is 0 Å². The summed E-state index contributed by atoms with van der Waals surface area (Å²) >= 11 is 2.81. The summed E-state index contributed by atoms with van der Waals surface area (Å²) in [5.74, 6) is -0.384. The Kier molecular flexibility index (Phi) is 5.92. The molecule has 0 aliphatic rings. The zero-order chi connectivity index (χ0) is 21.1. The van der Waals surface area contributed by atoms with E-state index in [1.54, 1.807) is 6.07 Å². The van der Waals surface area contributed by atoms with Crippen LogP contribution in [-0.2, 0) is 0 Å². The molecule has 1 N–H and O–H groups in total. The summed E-state index contributed by atoms with van der Waals surface area (Å²) in [6, 6.07) is 18.5. The van der Waals surface area contributed by atoms with E-state index in [2.05, 4.69) is 10.3 Å². The van der Waals surface area contributed by atoms with Crippen LogP contribution in [0.5, 0.6) is 0 Å². The number of rotatable bonds is 6. The summed E-state index contributed by atoms with van der Waals surface area (Å²) in [6.45, 7) is 1.94. The number of carbonyl (C=O) groups is 2. The molecule has 0 atom stereocenters. The summed E-state index contributed by atoms with van der Waals surface area (Å²) in [4.78, 5) is 29.3. The molecule has 1 amide bonds. The minimum absolute atomic E-state index is 0.0784. The molecule has 0 aliphatic heterocycles. The van der Waals surface area contributed by atoms with Crippen LogP contribution in [0.3, 0.4) is 0 Å². The molecule has 4 aromatic rings. The second-order valence-electron chi connectivity index (χ2n) is 6.70. The van der Waals surface area contributed by atoms with E-state index in [4.69, 9.17) is 0 Å². The average molecular weight is 437 g/mol. The van der Waals surface area contributed by atoms with Gasteiger partial charge in [-0.2, -0.15) is 0 Å². The van der Waals surface area contributed by atoms with Gasteiger partial charge in [-0.25, -0.2) is 9.37 Å². The Bertz CT molecular complexity index is 1240. The van der Waals surface area contributed by atoms with Crippen molar-refractivity contribution in [1.29, 1.82) is 0 Å². The van der Waals surface area contributed by atoms with Gasteiger partial charge in [-0.1, -0.05) is 29.5 Å². The molecule has 1 heterocycles. The van der Waals surface area contributed by atoms with Gasteiger partial charge in [0.1, 0.15) is 5.82 Å². The number of thiazole rings is 1. The molecule has 0 radical (unpaired) electrons. The Labute approximate surface area is 181 Å². The highest BCUT2D eigenvalue weighted by Gasteiger charge is 2.12. The van der Waals surface area contributed by atoms with E-state index in [0.29, 0.717) is 16.8 Å². The monoisotopic (exact) mass is 436 g/mol. The van der Waals surface area contributed by atoms with Crippen LogP contribution >= 0.6 is 23.1 Å². The number of aryl methyl sites for hydroxylation is 1. The topological polar surface area (TPSA) is 59.1 Å². The minimum atomic E-state index is -0.365. The van der Waals surface area contributed by atoms with Crippen LogP contribution < -0.4 is 5.32 Å². The second-order valence-corrected chi connectivity index (χ2v) is 8.96. The van der Waals surface area contributed by atoms with E-state index in [0.717, 1.165) is 20.1 Å². The van der Waals surface area contributed by atoms with Crippen molar-refractivity contribution in [3.63, 3.8) is 0 Å². The fourth-order valence-corrected chi connectivity index (χ4v) is 4.88. The first kappa shape index (κ1) is 20.3. The Morgan fingerprint density at radius 1 is 1.03 bits per heavy atom. The van der Waals surface area contributed by atoms with Crippen molar-refractivity contribution in [3.8, 4) is 0 Å². The number of fused-ring (bicyclic) bond motifs is 1. The largest absolute Gasteiger partial charge is 0.322 e. The molecule has 7 heteroatoms. The average Bonchev–Trinajstić information content (AvgIpc) is 3.14. The molecule has 150 valence electrons. The van der Waals surface area contributed by atoms with Crippen LogP contribution in [0.1, 0.15) is 26.3 Å². The maximum Gasteiger partial charge on any atom is 0.255 e. The van der Waals surface area contributed by atoms with Crippen LogP contribution in [0.25, 0.3) is 10.2 Å². The Morgan fingerprint density at radius 3 is 2.60 bits per heavy atom. The van der Waals surface area contributed by atoms with Gasteiger partial charge in [0.25, 0.3) is 5.91 Å². The molecule has 0 unspecified atom stereocenters. The second kappa shape index (κ2) is 8.77. The van der Waals surface area contributed by atoms with Crippen LogP contribution in [0.2, 0.25) is 0 Å². The SMILES string of the molecule is Cc1cccc(C(=O)Nc2ccc3nc(SCC(=O)c4ccc(F)cc4)sc3c2)c1. The lowest BCUT2D eigenvalue weighted by Gasteiger charge is -2.05. The Morgan fingerprint density at radius 2 is 1.83 bits per heavy atom. The van der Waals surface area contributed by atoms with E-state index in [1.165, 1.54) is 47.4 Å². The molecule has 0 fully saturated rings.